The molecule has 1 aromatic rings. The van der Waals surface area contributed by atoms with E-state index in [2.05, 4.69) is 5.01 Å². The van der Waals surface area contributed by atoms with E-state index >= 15 is 0 Å². The van der Waals surface area contributed by atoms with Gasteiger partial charge in [0.05, 0.1) is 5.56 Å². The van der Waals surface area contributed by atoms with Crippen LogP contribution < -0.4 is 10.7 Å². The third kappa shape index (κ3) is 2.65. The lowest BCUT2D eigenvalue weighted by Crippen LogP contribution is -2.45. The van der Waals surface area contributed by atoms with Crippen molar-refractivity contribution in [3.63, 3.8) is 0 Å². The third-order valence-corrected chi connectivity index (χ3v) is 5.76. The predicted octanol–water partition coefficient (Wildman–Crippen LogP) is 2.48. The lowest BCUT2D eigenvalue weighted by molar-refractivity contribution is -0.121. The summed E-state index contributed by atoms with van der Waals surface area (Å²) < 4.78 is 0. The molecule has 2 amide bonds. The molecule has 0 atom stereocenters. The number of primary amides is 1. The van der Waals surface area contributed by atoms with Gasteiger partial charge in [-0.2, -0.15) is 0 Å². The molecule has 0 unspecified atom stereocenters. The number of nitrogens with two attached hydrogens (primary N) is 1. The Morgan fingerprint density at radius 1 is 1.18 bits per heavy atom. The van der Waals surface area contributed by atoms with Crippen LogP contribution in [0.4, 0.5) is 5.00 Å². The Hall–Kier alpha value is -1.40. The van der Waals surface area contributed by atoms with E-state index in [-0.39, 0.29) is 5.91 Å². The van der Waals surface area contributed by atoms with E-state index in [0.29, 0.717) is 12.0 Å². The molecule has 0 saturated carbocycles. The predicted molar refractivity (Wildman–Crippen MR) is 88.1 cm³/mol. The summed E-state index contributed by atoms with van der Waals surface area (Å²) in [4.78, 5) is 25.8. The van der Waals surface area contributed by atoms with Crippen LogP contribution in [0, 0.1) is 0 Å². The molecule has 120 valence electrons. The van der Waals surface area contributed by atoms with Gasteiger partial charge in [-0.3, -0.25) is 9.59 Å². The fourth-order valence-electron chi connectivity index (χ4n) is 3.40. The van der Waals surface area contributed by atoms with Crippen molar-refractivity contribution in [2.45, 2.75) is 51.9 Å². The van der Waals surface area contributed by atoms with Gasteiger partial charge in [-0.1, -0.05) is 6.92 Å². The largest absolute Gasteiger partial charge is 0.365 e. The molecule has 2 N–H and O–H groups in total. The van der Waals surface area contributed by atoms with E-state index in [1.54, 1.807) is 16.3 Å². The molecule has 1 aliphatic heterocycles. The normalized spacial score (nSPS) is 18.2. The SMILES string of the molecule is CCC(=O)N(c1sc2c(c1C(N)=O)CCCC2)N1CCCC1. The minimum atomic E-state index is -0.400. The summed E-state index contributed by atoms with van der Waals surface area (Å²) >= 11 is 1.59. The van der Waals surface area contributed by atoms with Crippen molar-refractivity contribution in [3.05, 3.63) is 16.0 Å². The Morgan fingerprint density at radius 2 is 1.86 bits per heavy atom. The molecule has 1 aliphatic carbocycles. The second-order valence-electron chi connectivity index (χ2n) is 5.98. The minimum Gasteiger partial charge on any atom is -0.365 e. The van der Waals surface area contributed by atoms with Gasteiger partial charge in [-0.25, -0.2) is 10.0 Å². The third-order valence-electron chi connectivity index (χ3n) is 4.50. The fraction of sp³-hybridized carbons (Fsp3) is 0.625. The van der Waals surface area contributed by atoms with Crippen LogP contribution in [0.25, 0.3) is 0 Å². The van der Waals surface area contributed by atoms with Crippen molar-refractivity contribution < 1.29 is 9.59 Å². The molecule has 0 bridgehead atoms. The van der Waals surface area contributed by atoms with Crippen LogP contribution in [0.5, 0.6) is 0 Å². The summed E-state index contributed by atoms with van der Waals surface area (Å²) in [6.45, 7) is 3.60. The Bertz CT molecular complexity index is 590. The summed E-state index contributed by atoms with van der Waals surface area (Å²) in [5.41, 5.74) is 7.35. The molecule has 5 nitrogen and oxygen atoms in total. The van der Waals surface area contributed by atoms with Gasteiger partial charge in [-0.05, 0) is 44.1 Å². The summed E-state index contributed by atoms with van der Waals surface area (Å²) in [7, 11) is 0. The van der Waals surface area contributed by atoms with E-state index in [9.17, 15) is 9.59 Å². The highest BCUT2D eigenvalue weighted by atomic mass is 32.1. The maximum absolute atomic E-state index is 12.5. The van der Waals surface area contributed by atoms with Gasteiger partial charge in [0.25, 0.3) is 5.91 Å². The summed E-state index contributed by atoms with van der Waals surface area (Å²) in [5.74, 6) is -0.356. The second kappa shape index (κ2) is 6.38. The molecule has 1 saturated heterocycles. The first-order valence-electron chi connectivity index (χ1n) is 8.15. The van der Waals surface area contributed by atoms with Crippen LogP contribution in [0.3, 0.4) is 0 Å². The monoisotopic (exact) mass is 321 g/mol. The zero-order chi connectivity index (χ0) is 15.7. The van der Waals surface area contributed by atoms with Crippen LogP contribution >= 0.6 is 11.3 Å². The summed E-state index contributed by atoms with van der Waals surface area (Å²) in [6.07, 6.45) is 6.74. The second-order valence-corrected chi connectivity index (χ2v) is 7.06. The van der Waals surface area contributed by atoms with Gasteiger partial charge in [0.15, 0.2) is 0 Å². The van der Waals surface area contributed by atoms with E-state index in [0.717, 1.165) is 62.2 Å². The number of carbonyl (C=O) groups is 2. The van der Waals surface area contributed by atoms with Crippen molar-refractivity contribution >= 4 is 28.2 Å². The first-order valence-corrected chi connectivity index (χ1v) is 8.97. The lowest BCUT2D eigenvalue weighted by Gasteiger charge is -2.30. The van der Waals surface area contributed by atoms with Gasteiger partial charge in [0.1, 0.15) is 5.00 Å². The molecule has 2 aliphatic rings. The fourth-order valence-corrected chi connectivity index (χ4v) is 4.84. The number of amides is 2. The average Bonchev–Trinajstić information content (AvgIpc) is 3.14. The zero-order valence-electron chi connectivity index (χ0n) is 13.1. The number of rotatable bonds is 4. The Kier molecular flexibility index (Phi) is 4.49. The number of hydrogen-bond donors (Lipinski definition) is 1. The molecule has 1 fully saturated rings. The molecule has 0 aromatic carbocycles. The molecule has 3 rings (SSSR count). The van der Waals surface area contributed by atoms with Crippen molar-refractivity contribution in [1.29, 1.82) is 0 Å². The van der Waals surface area contributed by atoms with Crippen molar-refractivity contribution in [2.24, 2.45) is 5.73 Å². The Balaban J connectivity index is 2.08. The van der Waals surface area contributed by atoms with Gasteiger partial charge < -0.3 is 5.73 Å². The van der Waals surface area contributed by atoms with E-state index in [4.69, 9.17) is 5.73 Å². The molecular formula is C16H23N3O2S. The van der Waals surface area contributed by atoms with Crippen molar-refractivity contribution in [2.75, 3.05) is 18.1 Å². The van der Waals surface area contributed by atoms with E-state index in [1.165, 1.54) is 4.88 Å². The highest BCUT2D eigenvalue weighted by Crippen LogP contribution is 2.41. The minimum absolute atomic E-state index is 0.0444. The number of fused-ring (bicyclic) bond motifs is 1. The summed E-state index contributed by atoms with van der Waals surface area (Å²) in [6, 6.07) is 0. The molecule has 22 heavy (non-hydrogen) atoms. The quantitative estimate of drug-likeness (QED) is 0.926. The highest BCUT2D eigenvalue weighted by Gasteiger charge is 2.33. The van der Waals surface area contributed by atoms with Crippen LogP contribution in [0.15, 0.2) is 0 Å². The summed E-state index contributed by atoms with van der Waals surface area (Å²) in [5, 5.41) is 4.58. The molecule has 0 spiro atoms. The number of carbonyl (C=O) groups excluding carboxylic acids is 2. The van der Waals surface area contributed by atoms with Gasteiger partial charge in [0.2, 0.25) is 5.91 Å². The first kappa shape index (κ1) is 15.5. The lowest BCUT2D eigenvalue weighted by atomic mass is 9.95. The number of hydrazine groups is 1. The zero-order valence-corrected chi connectivity index (χ0v) is 13.9. The Labute approximate surface area is 135 Å². The highest BCUT2D eigenvalue weighted by molar-refractivity contribution is 7.17. The standard InChI is InChI=1S/C16H23N3O2S/c1-2-13(20)19(18-9-5-6-10-18)16-14(15(17)21)11-7-3-4-8-12(11)22-16/h2-10H2,1H3,(H2,17,21). The average molecular weight is 321 g/mol. The van der Waals surface area contributed by atoms with E-state index < -0.39 is 5.91 Å². The number of anilines is 1. The maximum Gasteiger partial charge on any atom is 0.252 e. The van der Waals surface area contributed by atoms with Crippen LogP contribution in [0.1, 0.15) is 59.8 Å². The van der Waals surface area contributed by atoms with Crippen molar-refractivity contribution in [1.82, 2.24) is 5.01 Å². The first-order chi connectivity index (χ1) is 10.6. The number of aryl methyl sites for hydroxylation is 1. The number of hydrogen-bond acceptors (Lipinski definition) is 4. The smallest absolute Gasteiger partial charge is 0.252 e. The van der Waals surface area contributed by atoms with Crippen LogP contribution in [-0.4, -0.2) is 29.9 Å². The van der Waals surface area contributed by atoms with Gasteiger partial charge in [0, 0.05) is 24.4 Å². The van der Waals surface area contributed by atoms with Crippen molar-refractivity contribution in [3.8, 4) is 0 Å². The number of nitrogens with zero attached hydrogens (tertiary/aromatic N) is 2. The topological polar surface area (TPSA) is 66.6 Å². The van der Waals surface area contributed by atoms with Gasteiger partial charge in [-0.15, -0.1) is 11.3 Å². The molecule has 6 heteroatoms. The van der Waals surface area contributed by atoms with E-state index in [1.807, 2.05) is 6.92 Å². The molecule has 1 aromatic heterocycles. The van der Waals surface area contributed by atoms with Crippen LogP contribution in [-0.2, 0) is 17.6 Å². The van der Waals surface area contributed by atoms with Crippen LogP contribution in [0.2, 0.25) is 0 Å². The maximum atomic E-state index is 12.5. The van der Waals surface area contributed by atoms with Gasteiger partial charge >= 0.3 is 0 Å². The Morgan fingerprint density at radius 3 is 2.50 bits per heavy atom. The number of thiophene rings is 1. The molecule has 2 heterocycles. The molecule has 0 radical (unpaired) electrons. The molecular weight excluding hydrogens is 298 g/mol.